The minimum atomic E-state index is 0.677. The summed E-state index contributed by atoms with van der Waals surface area (Å²) >= 11 is 4.44. The van der Waals surface area contributed by atoms with Gasteiger partial charge in [-0.05, 0) is 36.4 Å². The van der Waals surface area contributed by atoms with Gasteiger partial charge in [0.15, 0.2) is 5.82 Å². The lowest BCUT2D eigenvalue weighted by Gasteiger charge is -2.23. The molecule has 0 aliphatic heterocycles. The van der Waals surface area contributed by atoms with Gasteiger partial charge in [-0.25, -0.2) is 9.67 Å². The van der Waals surface area contributed by atoms with E-state index in [0.29, 0.717) is 12.3 Å². The first kappa shape index (κ1) is 18.1. The number of methoxy groups -OCH3 is 1. The van der Waals surface area contributed by atoms with Crippen LogP contribution < -0.4 is 9.64 Å². The Hall–Kier alpha value is -3.26. The lowest BCUT2D eigenvalue weighted by molar-refractivity contribution is 0.415. The third-order valence-corrected chi connectivity index (χ3v) is 4.60. The number of para-hydroxylation sites is 1. The van der Waals surface area contributed by atoms with E-state index in [-0.39, 0.29) is 0 Å². The molecule has 142 valence electrons. The van der Waals surface area contributed by atoms with E-state index >= 15 is 0 Å². The number of hydrogen-bond donors (Lipinski definition) is 2. The zero-order chi connectivity index (χ0) is 19.3. The van der Waals surface area contributed by atoms with Crippen LogP contribution in [0, 0.1) is 0 Å². The van der Waals surface area contributed by atoms with Crippen molar-refractivity contribution in [3.8, 4) is 22.7 Å². The molecule has 1 N–H and O–H groups in total. The maximum Gasteiger partial charge on any atom is 0.181 e. The van der Waals surface area contributed by atoms with E-state index in [2.05, 4.69) is 49.9 Å². The van der Waals surface area contributed by atoms with Crippen molar-refractivity contribution in [2.45, 2.75) is 0 Å². The third-order valence-electron chi connectivity index (χ3n) is 4.40. The van der Waals surface area contributed by atoms with Crippen molar-refractivity contribution in [3.05, 3.63) is 67.3 Å². The molecule has 4 rings (SSSR count). The Morgan fingerprint density at radius 2 is 1.89 bits per heavy atom. The first-order valence-electron chi connectivity index (χ1n) is 8.83. The van der Waals surface area contributed by atoms with E-state index in [9.17, 15) is 0 Å². The fourth-order valence-corrected chi connectivity index (χ4v) is 3.28. The van der Waals surface area contributed by atoms with Gasteiger partial charge in [-0.1, -0.05) is 18.2 Å². The quantitative estimate of drug-likeness (QED) is 0.469. The summed E-state index contributed by atoms with van der Waals surface area (Å²) in [6.45, 7) is 0.696. The molecule has 0 atom stereocenters. The molecule has 0 radical (unpaired) electrons. The Kier molecular flexibility index (Phi) is 5.29. The summed E-state index contributed by atoms with van der Waals surface area (Å²) < 4.78 is 7.00. The summed E-state index contributed by atoms with van der Waals surface area (Å²) in [5.41, 5.74) is 3.69. The number of rotatable bonds is 7. The monoisotopic (exact) mass is 392 g/mol. The number of nitrogens with one attached hydrogen (secondary N) is 1. The molecule has 0 fully saturated rings. The Morgan fingerprint density at radius 3 is 2.54 bits per heavy atom. The summed E-state index contributed by atoms with van der Waals surface area (Å²) in [7, 11) is 1.65. The van der Waals surface area contributed by atoms with Crippen molar-refractivity contribution >= 4 is 24.1 Å². The predicted octanol–water partition coefficient (Wildman–Crippen LogP) is 3.73. The van der Waals surface area contributed by atoms with Crippen molar-refractivity contribution in [2.75, 3.05) is 24.3 Å². The molecule has 0 saturated carbocycles. The number of benzene rings is 2. The van der Waals surface area contributed by atoms with Crippen molar-refractivity contribution in [1.82, 2.24) is 25.0 Å². The topological polar surface area (TPSA) is 71.9 Å². The van der Waals surface area contributed by atoms with Gasteiger partial charge in [0, 0.05) is 23.5 Å². The van der Waals surface area contributed by atoms with Crippen molar-refractivity contribution in [1.29, 1.82) is 0 Å². The van der Waals surface area contributed by atoms with Gasteiger partial charge in [0.05, 0.1) is 12.8 Å². The van der Waals surface area contributed by atoms with E-state index in [4.69, 9.17) is 4.74 Å². The molecule has 0 aliphatic carbocycles. The van der Waals surface area contributed by atoms with Gasteiger partial charge in [0.1, 0.15) is 24.1 Å². The second-order valence-corrected chi connectivity index (χ2v) is 6.50. The molecule has 7 nitrogen and oxygen atoms in total. The second kappa shape index (κ2) is 8.18. The average molecular weight is 392 g/mol. The van der Waals surface area contributed by atoms with Crippen LogP contribution in [0.15, 0.2) is 67.3 Å². The van der Waals surface area contributed by atoms with Gasteiger partial charge >= 0.3 is 0 Å². The number of ether oxygens (including phenoxy) is 1. The minimum absolute atomic E-state index is 0.677. The van der Waals surface area contributed by atoms with Gasteiger partial charge in [0.25, 0.3) is 0 Å². The van der Waals surface area contributed by atoms with Crippen LogP contribution in [-0.2, 0) is 0 Å². The van der Waals surface area contributed by atoms with Crippen LogP contribution in [0.25, 0.3) is 16.9 Å². The maximum atomic E-state index is 5.27. The number of H-pyrrole nitrogens is 1. The molecule has 0 saturated heterocycles. The van der Waals surface area contributed by atoms with E-state index in [0.717, 1.165) is 34.2 Å². The number of aromatic nitrogens is 5. The molecule has 8 heteroatoms. The van der Waals surface area contributed by atoms with Gasteiger partial charge in [-0.2, -0.15) is 22.8 Å². The van der Waals surface area contributed by atoms with E-state index in [1.54, 1.807) is 18.1 Å². The van der Waals surface area contributed by atoms with Crippen molar-refractivity contribution < 1.29 is 4.74 Å². The lowest BCUT2D eigenvalue weighted by Crippen LogP contribution is -2.21. The van der Waals surface area contributed by atoms with Crippen molar-refractivity contribution in [3.63, 3.8) is 0 Å². The van der Waals surface area contributed by atoms with E-state index in [1.165, 1.54) is 6.33 Å². The summed E-state index contributed by atoms with van der Waals surface area (Å²) in [6.07, 6.45) is 3.19. The summed E-state index contributed by atoms with van der Waals surface area (Å²) in [6, 6.07) is 17.9. The first-order valence-corrected chi connectivity index (χ1v) is 9.46. The van der Waals surface area contributed by atoms with Crippen molar-refractivity contribution in [2.24, 2.45) is 0 Å². The van der Waals surface area contributed by atoms with Gasteiger partial charge in [0.2, 0.25) is 0 Å². The highest BCUT2D eigenvalue weighted by atomic mass is 32.1. The van der Waals surface area contributed by atoms with Crippen LogP contribution >= 0.6 is 12.6 Å². The Morgan fingerprint density at radius 1 is 1.11 bits per heavy atom. The molecule has 28 heavy (non-hydrogen) atoms. The fourth-order valence-electron chi connectivity index (χ4n) is 3.08. The van der Waals surface area contributed by atoms with Crippen LogP contribution in [0.2, 0.25) is 0 Å². The molecular formula is C20H20N6OS. The van der Waals surface area contributed by atoms with Gasteiger partial charge in [-0.15, -0.1) is 0 Å². The molecule has 0 bridgehead atoms. The summed E-state index contributed by atoms with van der Waals surface area (Å²) in [4.78, 5) is 6.23. The summed E-state index contributed by atoms with van der Waals surface area (Å²) in [5, 5.41) is 12.2. The lowest BCUT2D eigenvalue weighted by atomic mass is 10.1. The highest BCUT2D eigenvalue weighted by Crippen LogP contribution is 2.35. The van der Waals surface area contributed by atoms with Crippen LogP contribution in [0.3, 0.4) is 0 Å². The Bertz CT molecular complexity index is 1010. The zero-order valence-corrected chi connectivity index (χ0v) is 16.3. The average Bonchev–Trinajstić information content (AvgIpc) is 3.42. The highest BCUT2D eigenvalue weighted by molar-refractivity contribution is 7.80. The molecule has 0 aliphatic rings. The smallest absolute Gasteiger partial charge is 0.181 e. The van der Waals surface area contributed by atoms with Gasteiger partial charge in [-0.3, -0.25) is 5.10 Å². The molecular weight excluding hydrogens is 372 g/mol. The van der Waals surface area contributed by atoms with Crippen LogP contribution in [0.5, 0.6) is 5.75 Å². The normalized spacial score (nSPS) is 10.8. The standard InChI is InChI=1S/C20H20N6OS/c1-27-17-9-7-15(8-10-17)18-19(26-14-21-13-22-26)20(24-23-18)25(11-12-28)16-5-3-2-4-6-16/h2-10,13-14,28H,11-12H2,1H3,(H,23,24). The molecule has 2 heterocycles. The van der Waals surface area contributed by atoms with Gasteiger partial charge < -0.3 is 9.64 Å². The molecule has 0 unspecified atom stereocenters. The number of hydrogen-bond acceptors (Lipinski definition) is 6. The third kappa shape index (κ3) is 3.46. The zero-order valence-electron chi connectivity index (χ0n) is 15.4. The highest BCUT2D eigenvalue weighted by Gasteiger charge is 2.23. The van der Waals surface area contributed by atoms with E-state index in [1.807, 2.05) is 42.5 Å². The number of anilines is 2. The molecule has 4 aromatic rings. The number of thiol groups is 1. The molecule has 2 aromatic carbocycles. The van der Waals surface area contributed by atoms with E-state index < -0.39 is 0 Å². The van der Waals surface area contributed by atoms with Crippen LogP contribution in [0.4, 0.5) is 11.5 Å². The number of nitrogens with zero attached hydrogens (tertiary/aromatic N) is 5. The fraction of sp³-hybridized carbons (Fsp3) is 0.150. The van der Waals surface area contributed by atoms with Crippen LogP contribution in [-0.4, -0.2) is 44.4 Å². The number of aromatic amines is 1. The predicted molar refractivity (Wildman–Crippen MR) is 113 cm³/mol. The molecule has 0 amide bonds. The maximum absolute atomic E-state index is 5.27. The molecule has 2 aromatic heterocycles. The van der Waals surface area contributed by atoms with Crippen LogP contribution in [0.1, 0.15) is 0 Å². The SMILES string of the molecule is COc1ccc(-c2[nH]nc(N(CCS)c3ccccc3)c2-n2cncn2)cc1. The second-order valence-electron chi connectivity index (χ2n) is 6.05. The molecule has 0 spiro atoms. The minimum Gasteiger partial charge on any atom is -0.497 e. The Balaban J connectivity index is 1.86. The largest absolute Gasteiger partial charge is 0.497 e. The summed E-state index contributed by atoms with van der Waals surface area (Å²) in [5.74, 6) is 2.24. The first-order chi connectivity index (χ1) is 13.8. The Labute approximate surface area is 168 Å².